The van der Waals surface area contributed by atoms with E-state index in [0.717, 1.165) is 5.69 Å². The first kappa shape index (κ1) is 13.1. The average molecular weight is 286 g/mol. The summed E-state index contributed by atoms with van der Waals surface area (Å²) in [4.78, 5) is 4.97. The third-order valence-corrected chi connectivity index (χ3v) is 4.84. The van der Waals surface area contributed by atoms with Gasteiger partial charge in [0.15, 0.2) is 0 Å². The van der Waals surface area contributed by atoms with E-state index < -0.39 is 5.95 Å². The van der Waals surface area contributed by atoms with E-state index >= 15 is 0 Å². The molecule has 0 spiro atoms. The van der Waals surface area contributed by atoms with Crippen LogP contribution < -0.4 is 5.32 Å². The number of halogens is 1. The Morgan fingerprint density at radius 3 is 2.70 bits per heavy atom. The molecule has 0 aliphatic carbocycles. The smallest absolute Gasteiger partial charge is 0.212 e. The number of rotatable bonds is 3. The topological polar surface area (TPSA) is 24.9 Å². The lowest BCUT2D eigenvalue weighted by Crippen LogP contribution is -2.06. The molecule has 0 aliphatic rings. The van der Waals surface area contributed by atoms with Gasteiger partial charge < -0.3 is 5.32 Å². The number of anilines is 1. The second-order valence-corrected chi connectivity index (χ2v) is 5.91. The summed E-state index contributed by atoms with van der Waals surface area (Å²) in [5.41, 5.74) is 2.14. The van der Waals surface area contributed by atoms with E-state index in [-0.39, 0.29) is 6.04 Å². The van der Waals surface area contributed by atoms with Crippen LogP contribution in [0.4, 0.5) is 10.1 Å². The third-order valence-electron chi connectivity index (χ3n) is 3.38. The molecule has 0 radical (unpaired) electrons. The maximum atomic E-state index is 12.8. The molecule has 0 fully saturated rings. The van der Waals surface area contributed by atoms with Gasteiger partial charge in [0.1, 0.15) is 0 Å². The summed E-state index contributed by atoms with van der Waals surface area (Å²) in [5.74, 6) is -0.457. The molecule has 2 heterocycles. The number of nitrogens with zero attached hydrogens (tertiary/aromatic N) is 1. The minimum absolute atomic E-state index is 0.166. The van der Waals surface area contributed by atoms with Gasteiger partial charge in [-0.3, -0.25) is 0 Å². The summed E-state index contributed by atoms with van der Waals surface area (Å²) in [6.45, 7) is 4.26. The van der Waals surface area contributed by atoms with Crippen molar-refractivity contribution in [2.75, 3.05) is 5.32 Å². The normalized spacial score (nSPS) is 12.6. The number of benzene rings is 1. The lowest BCUT2D eigenvalue weighted by Gasteiger charge is -2.14. The molecule has 1 atom stereocenters. The Balaban J connectivity index is 1.90. The van der Waals surface area contributed by atoms with Crippen LogP contribution in [0.3, 0.4) is 0 Å². The van der Waals surface area contributed by atoms with Crippen molar-refractivity contribution in [1.29, 1.82) is 0 Å². The summed E-state index contributed by atoms with van der Waals surface area (Å²) in [7, 11) is 0. The quantitative estimate of drug-likeness (QED) is 0.691. The largest absolute Gasteiger partial charge is 0.376 e. The third kappa shape index (κ3) is 2.39. The Morgan fingerprint density at radius 2 is 2.00 bits per heavy atom. The predicted molar refractivity (Wildman–Crippen MR) is 82.8 cm³/mol. The number of fused-ring (bicyclic) bond motifs is 1. The highest BCUT2D eigenvalue weighted by molar-refractivity contribution is 7.19. The molecule has 4 heteroatoms. The summed E-state index contributed by atoms with van der Waals surface area (Å²) in [6, 6.07) is 11.7. The Kier molecular flexibility index (Phi) is 3.40. The Bertz CT molecular complexity index is 734. The van der Waals surface area contributed by atoms with Crippen LogP contribution in [0.15, 0.2) is 42.6 Å². The van der Waals surface area contributed by atoms with Gasteiger partial charge >= 0.3 is 0 Å². The number of aryl methyl sites for hydroxylation is 1. The Hall–Kier alpha value is -1.94. The lowest BCUT2D eigenvalue weighted by molar-refractivity contribution is 0.584. The minimum atomic E-state index is -0.457. The first-order valence-corrected chi connectivity index (χ1v) is 7.33. The summed E-state index contributed by atoms with van der Waals surface area (Å²) in [6.07, 6.45) is 1.52. The Labute approximate surface area is 121 Å². The van der Waals surface area contributed by atoms with Crippen LogP contribution in [0, 0.1) is 12.9 Å². The zero-order chi connectivity index (χ0) is 14.1. The van der Waals surface area contributed by atoms with Crippen LogP contribution in [-0.2, 0) is 0 Å². The van der Waals surface area contributed by atoms with Gasteiger partial charge in [-0.05, 0) is 43.0 Å². The van der Waals surface area contributed by atoms with Crippen molar-refractivity contribution >= 4 is 27.1 Å². The molecule has 0 amide bonds. The van der Waals surface area contributed by atoms with E-state index in [1.807, 2.05) is 0 Å². The van der Waals surface area contributed by atoms with Crippen molar-refractivity contribution in [2.45, 2.75) is 19.9 Å². The minimum Gasteiger partial charge on any atom is -0.376 e. The fourth-order valence-electron chi connectivity index (χ4n) is 2.38. The highest BCUT2D eigenvalue weighted by Gasteiger charge is 2.14. The van der Waals surface area contributed by atoms with Crippen molar-refractivity contribution in [3.63, 3.8) is 0 Å². The van der Waals surface area contributed by atoms with Crippen LogP contribution in [0.2, 0.25) is 0 Å². The zero-order valence-electron chi connectivity index (χ0n) is 11.4. The van der Waals surface area contributed by atoms with E-state index in [1.54, 1.807) is 17.4 Å². The maximum absolute atomic E-state index is 12.8. The standard InChI is InChI=1S/C16H15FN2S/c1-10-13-5-3-4-6-14(13)20-16(10)11(2)19-12-7-8-15(17)18-9-12/h3-9,11,19H,1-2H3. The summed E-state index contributed by atoms with van der Waals surface area (Å²) >= 11 is 1.80. The van der Waals surface area contributed by atoms with Crippen molar-refractivity contribution < 1.29 is 4.39 Å². The molecule has 0 aliphatic heterocycles. The molecule has 0 bridgehead atoms. The predicted octanol–water partition coefficient (Wildman–Crippen LogP) is 4.92. The molecule has 3 rings (SSSR count). The van der Waals surface area contributed by atoms with E-state index in [4.69, 9.17) is 0 Å². The van der Waals surface area contributed by atoms with Gasteiger partial charge in [-0.15, -0.1) is 11.3 Å². The van der Waals surface area contributed by atoms with Crippen molar-refractivity contribution in [2.24, 2.45) is 0 Å². The highest BCUT2D eigenvalue weighted by Crippen LogP contribution is 2.35. The van der Waals surface area contributed by atoms with E-state index in [9.17, 15) is 4.39 Å². The molecule has 2 aromatic heterocycles. The van der Waals surface area contributed by atoms with Gasteiger partial charge in [-0.2, -0.15) is 4.39 Å². The SMILES string of the molecule is Cc1c(C(C)Nc2ccc(F)nc2)sc2ccccc12. The number of hydrogen-bond acceptors (Lipinski definition) is 3. The monoisotopic (exact) mass is 286 g/mol. The number of thiophene rings is 1. The number of hydrogen-bond donors (Lipinski definition) is 1. The van der Waals surface area contributed by atoms with E-state index in [1.165, 1.54) is 32.8 Å². The highest BCUT2D eigenvalue weighted by atomic mass is 32.1. The summed E-state index contributed by atoms with van der Waals surface area (Å²) < 4.78 is 14.1. The lowest BCUT2D eigenvalue weighted by atomic mass is 10.1. The van der Waals surface area contributed by atoms with Crippen molar-refractivity contribution in [3.8, 4) is 0 Å². The summed E-state index contributed by atoms with van der Waals surface area (Å²) in [5, 5.41) is 4.67. The Morgan fingerprint density at radius 1 is 1.20 bits per heavy atom. The molecule has 2 nitrogen and oxygen atoms in total. The molecule has 0 saturated carbocycles. The fraction of sp³-hybridized carbons (Fsp3) is 0.188. The van der Waals surface area contributed by atoms with Gasteiger partial charge in [0.05, 0.1) is 17.9 Å². The first-order chi connectivity index (χ1) is 9.65. The van der Waals surface area contributed by atoms with Crippen molar-refractivity contribution in [3.05, 3.63) is 59.0 Å². The van der Waals surface area contributed by atoms with Crippen LogP contribution in [0.1, 0.15) is 23.4 Å². The molecule has 3 aromatic rings. The fourth-order valence-corrected chi connectivity index (χ4v) is 3.60. The van der Waals surface area contributed by atoms with Gasteiger partial charge in [0.25, 0.3) is 0 Å². The van der Waals surface area contributed by atoms with Gasteiger partial charge in [0.2, 0.25) is 5.95 Å². The average Bonchev–Trinajstić information content (AvgIpc) is 2.79. The van der Waals surface area contributed by atoms with Crippen LogP contribution in [0.5, 0.6) is 0 Å². The van der Waals surface area contributed by atoms with Gasteiger partial charge in [0, 0.05) is 9.58 Å². The molecule has 102 valence electrons. The second-order valence-electron chi connectivity index (χ2n) is 4.82. The van der Waals surface area contributed by atoms with E-state index in [0.29, 0.717) is 0 Å². The molecular formula is C16H15FN2S. The van der Waals surface area contributed by atoms with E-state index in [2.05, 4.69) is 48.4 Å². The zero-order valence-corrected chi connectivity index (χ0v) is 12.2. The number of pyridine rings is 1. The maximum Gasteiger partial charge on any atom is 0.212 e. The molecule has 1 aromatic carbocycles. The van der Waals surface area contributed by atoms with Crippen molar-refractivity contribution in [1.82, 2.24) is 4.98 Å². The number of nitrogens with one attached hydrogen (secondary N) is 1. The number of aromatic nitrogens is 1. The molecule has 1 unspecified atom stereocenters. The van der Waals surface area contributed by atoms with Gasteiger partial charge in [-0.1, -0.05) is 18.2 Å². The van der Waals surface area contributed by atoms with Crippen LogP contribution in [0.25, 0.3) is 10.1 Å². The molecule has 20 heavy (non-hydrogen) atoms. The van der Waals surface area contributed by atoms with Gasteiger partial charge in [-0.25, -0.2) is 4.98 Å². The second kappa shape index (κ2) is 5.21. The molecule has 1 N–H and O–H groups in total. The first-order valence-electron chi connectivity index (χ1n) is 6.51. The van der Waals surface area contributed by atoms with Crippen LogP contribution in [-0.4, -0.2) is 4.98 Å². The molecular weight excluding hydrogens is 271 g/mol. The van der Waals surface area contributed by atoms with Crippen LogP contribution >= 0.6 is 11.3 Å². The molecule has 0 saturated heterocycles.